The van der Waals surface area contributed by atoms with Crippen molar-refractivity contribution in [2.75, 3.05) is 14.2 Å². The number of methoxy groups -OCH3 is 2. The predicted octanol–water partition coefficient (Wildman–Crippen LogP) is 5.29. The van der Waals surface area contributed by atoms with E-state index in [1.54, 1.807) is 14.2 Å². The highest BCUT2D eigenvalue weighted by Crippen LogP contribution is 2.51. The molecule has 0 heterocycles. The van der Waals surface area contributed by atoms with Gasteiger partial charge in [0, 0.05) is 11.5 Å². The molecule has 0 amide bonds. The zero-order valence-corrected chi connectivity index (χ0v) is 16.1. The lowest BCUT2D eigenvalue weighted by atomic mass is 9.68. The van der Waals surface area contributed by atoms with Crippen LogP contribution in [-0.4, -0.2) is 20.0 Å². The molecule has 1 aromatic rings. The molecule has 3 rings (SSSR count). The third-order valence-corrected chi connectivity index (χ3v) is 6.15. The van der Waals surface area contributed by atoms with Crippen molar-refractivity contribution in [1.82, 2.24) is 0 Å². The van der Waals surface area contributed by atoms with Crippen molar-refractivity contribution < 1.29 is 14.3 Å². The van der Waals surface area contributed by atoms with Crippen molar-refractivity contribution in [2.45, 2.75) is 58.8 Å². The van der Waals surface area contributed by atoms with Gasteiger partial charge in [0.1, 0.15) is 17.3 Å². The maximum Gasteiger partial charge on any atom is 0.147 e. The van der Waals surface area contributed by atoms with Gasteiger partial charge in [-0.1, -0.05) is 31.9 Å². The fourth-order valence-corrected chi connectivity index (χ4v) is 4.64. The SMILES string of the molecule is COc1ccc(OC)c([C@H]2C(=O)[C@@H](C)CCC3=C2CCCC3(C)C)c1. The lowest BCUT2D eigenvalue weighted by Crippen LogP contribution is -2.25. The molecule has 3 nitrogen and oxygen atoms in total. The van der Waals surface area contributed by atoms with Crippen molar-refractivity contribution in [2.24, 2.45) is 11.3 Å². The minimum Gasteiger partial charge on any atom is -0.497 e. The molecule has 2 atom stereocenters. The van der Waals surface area contributed by atoms with E-state index in [0.717, 1.165) is 42.7 Å². The Hall–Kier alpha value is -1.77. The normalized spacial score (nSPS) is 26.0. The van der Waals surface area contributed by atoms with Gasteiger partial charge < -0.3 is 9.47 Å². The van der Waals surface area contributed by atoms with Crippen molar-refractivity contribution in [3.05, 3.63) is 34.9 Å². The number of ketones is 1. The first-order valence-electron chi connectivity index (χ1n) is 9.37. The first kappa shape index (κ1) is 18.0. The van der Waals surface area contributed by atoms with Gasteiger partial charge in [0.2, 0.25) is 0 Å². The molecule has 0 N–H and O–H groups in total. The molecule has 1 aromatic carbocycles. The Morgan fingerprint density at radius 3 is 2.56 bits per heavy atom. The number of ether oxygens (including phenoxy) is 2. The van der Waals surface area contributed by atoms with E-state index in [1.807, 2.05) is 18.2 Å². The minimum atomic E-state index is -0.197. The van der Waals surface area contributed by atoms with Gasteiger partial charge in [0.05, 0.1) is 20.1 Å². The molecule has 2 aliphatic rings. The number of allylic oxidation sites excluding steroid dienone is 2. The van der Waals surface area contributed by atoms with Gasteiger partial charge >= 0.3 is 0 Å². The van der Waals surface area contributed by atoms with Crippen LogP contribution in [0.4, 0.5) is 0 Å². The highest BCUT2D eigenvalue weighted by molar-refractivity contribution is 5.92. The average Bonchev–Trinajstić information content (AvgIpc) is 2.72. The van der Waals surface area contributed by atoms with Crippen LogP contribution in [0.3, 0.4) is 0 Å². The van der Waals surface area contributed by atoms with Crippen LogP contribution < -0.4 is 9.47 Å². The second-order valence-electron chi connectivity index (χ2n) is 8.12. The molecule has 0 aliphatic heterocycles. The van der Waals surface area contributed by atoms with Crippen LogP contribution in [0.2, 0.25) is 0 Å². The van der Waals surface area contributed by atoms with Gasteiger partial charge in [-0.3, -0.25) is 4.79 Å². The molecule has 0 unspecified atom stereocenters. The second-order valence-corrected chi connectivity index (χ2v) is 8.12. The molecule has 0 saturated carbocycles. The molecule has 0 fully saturated rings. The molecular weight excluding hydrogens is 312 g/mol. The van der Waals surface area contributed by atoms with E-state index in [-0.39, 0.29) is 17.3 Å². The smallest absolute Gasteiger partial charge is 0.147 e. The summed E-state index contributed by atoms with van der Waals surface area (Å²) in [6.45, 7) is 6.75. The van der Waals surface area contributed by atoms with Crippen LogP contribution >= 0.6 is 0 Å². The number of hydrogen-bond acceptors (Lipinski definition) is 3. The van der Waals surface area contributed by atoms with Crippen molar-refractivity contribution >= 4 is 5.78 Å². The number of rotatable bonds is 3. The molecule has 3 heteroatoms. The lowest BCUT2D eigenvalue weighted by molar-refractivity contribution is -0.123. The molecule has 0 spiro atoms. The van der Waals surface area contributed by atoms with Gasteiger partial charge in [-0.05, 0) is 55.7 Å². The number of benzene rings is 1. The van der Waals surface area contributed by atoms with Crippen LogP contribution in [-0.2, 0) is 4.79 Å². The minimum absolute atomic E-state index is 0.0716. The number of carbonyl (C=O) groups is 1. The third-order valence-electron chi connectivity index (χ3n) is 6.15. The van der Waals surface area contributed by atoms with Crippen LogP contribution in [0.5, 0.6) is 11.5 Å². The van der Waals surface area contributed by atoms with E-state index in [0.29, 0.717) is 5.78 Å². The third kappa shape index (κ3) is 3.21. The van der Waals surface area contributed by atoms with E-state index in [9.17, 15) is 4.79 Å². The van der Waals surface area contributed by atoms with Gasteiger partial charge in [-0.25, -0.2) is 0 Å². The summed E-state index contributed by atoms with van der Waals surface area (Å²) < 4.78 is 11.1. The fourth-order valence-electron chi connectivity index (χ4n) is 4.64. The van der Waals surface area contributed by atoms with E-state index >= 15 is 0 Å². The van der Waals surface area contributed by atoms with E-state index in [2.05, 4.69) is 20.8 Å². The Balaban J connectivity index is 2.21. The first-order valence-corrected chi connectivity index (χ1v) is 9.37. The molecule has 25 heavy (non-hydrogen) atoms. The summed E-state index contributed by atoms with van der Waals surface area (Å²) >= 11 is 0. The highest BCUT2D eigenvalue weighted by Gasteiger charge is 2.40. The maximum absolute atomic E-state index is 13.3. The molecule has 0 bridgehead atoms. The molecule has 0 saturated heterocycles. The summed E-state index contributed by atoms with van der Waals surface area (Å²) in [6.07, 6.45) is 5.36. The topological polar surface area (TPSA) is 35.5 Å². The van der Waals surface area contributed by atoms with Crippen molar-refractivity contribution in [3.8, 4) is 11.5 Å². The molecule has 0 aromatic heterocycles. The predicted molar refractivity (Wildman–Crippen MR) is 100 cm³/mol. The molecule has 0 radical (unpaired) electrons. The van der Waals surface area contributed by atoms with Gasteiger partial charge in [-0.2, -0.15) is 0 Å². The summed E-state index contributed by atoms with van der Waals surface area (Å²) in [7, 11) is 3.34. The summed E-state index contributed by atoms with van der Waals surface area (Å²) in [6, 6.07) is 5.81. The summed E-state index contributed by atoms with van der Waals surface area (Å²) in [5, 5.41) is 0. The van der Waals surface area contributed by atoms with Crippen LogP contribution in [0, 0.1) is 11.3 Å². The molecule has 2 aliphatic carbocycles. The van der Waals surface area contributed by atoms with E-state index in [4.69, 9.17) is 9.47 Å². The number of hydrogen-bond donors (Lipinski definition) is 0. The standard InChI is InChI=1S/C22H30O3/c1-14-8-10-18-16(7-6-12-22(18,2)3)20(21(14)23)17-13-15(24-4)9-11-19(17)25-5/h9,11,13-14,20H,6-8,10,12H2,1-5H3/t14-,20-/m0/s1. The van der Waals surface area contributed by atoms with E-state index < -0.39 is 0 Å². The van der Waals surface area contributed by atoms with E-state index in [1.165, 1.54) is 17.6 Å². The Bertz CT molecular complexity index is 699. The summed E-state index contributed by atoms with van der Waals surface area (Å²) in [4.78, 5) is 13.3. The Morgan fingerprint density at radius 2 is 1.88 bits per heavy atom. The quantitative estimate of drug-likeness (QED) is 0.700. The molecular formula is C22H30O3. The van der Waals surface area contributed by atoms with Crippen LogP contribution in [0.1, 0.15) is 64.4 Å². The highest BCUT2D eigenvalue weighted by atomic mass is 16.5. The second kappa shape index (κ2) is 6.86. The fraction of sp³-hybridized carbons (Fsp3) is 0.591. The zero-order valence-electron chi connectivity index (χ0n) is 16.1. The Morgan fingerprint density at radius 1 is 1.12 bits per heavy atom. The summed E-state index contributed by atoms with van der Waals surface area (Å²) in [5.41, 5.74) is 4.00. The van der Waals surface area contributed by atoms with Crippen LogP contribution in [0.15, 0.2) is 29.3 Å². The number of carbonyl (C=O) groups excluding carboxylic acids is 1. The number of Topliss-reactive ketones (excluding diaryl/α,β-unsaturated/α-hetero) is 1. The monoisotopic (exact) mass is 342 g/mol. The van der Waals surface area contributed by atoms with Gasteiger partial charge in [0.25, 0.3) is 0 Å². The average molecular weight is 342 g/mol. The van der Waals surface area contributed by atoms with Crippen LogP contribution in [0.25, 0.3) is 0 Å². The zero-order chi connectivity index (χ0) is 18.2. The largest absolute Gasteiger partial charge is 0.497 e. The Kier molecular flexibility index (Phi) is 4.95. The lowest BCUT2D eigenvalue weighted by Gasteiger charge is -2.37. The van der Waals surface area contributed by atoms with Crippen molar-refractivity contribution in [1.29, 1.82) is 0 Å². The van der Waals surface area contributed by atoms with Gasteiger partial charge in [0.15, 0.2) is 0 Å². The first-order chi connectivity index (χ1) is 11.9. The molecule has 136 valence electrons. The Labute approximate surface area is 151 Å². The van der Waals surface area contributed by atoms with Crippen molar-refractivity contribution in [3.63, 3.8) is 0 Å². The summed E-state index contributed by atoms with van der Waals surface area (Å²) in [5.74, 6) is 1.76. The van der Waals surface area contributed by atoms with Gasteiger partial charge in [-0.15, -0.1) is 0 Å². The maximum atomic E-state index is 13.3.